The summed E-state index contributed by atoms with van der Waals surface area (Å²) in [5.74, 6) is 2.07. The van der Waals surface area contributed by atoms with E-state index in [1.54, 1.807) is 0 Å². The SMILES string of the molecule is CCOc1ccc(Nc2oc(COc3ccc(-c4ccccc4)cc3)nc2C#N)cc1. The Hall–Kier alpha value is -4.24. The number of benzene rings is 3. The van der Waals surface area contributed by atoms with E-state index >= 15 is 0 Å². The van der Waals surface area contributed by atoms with E-state index in [1.165, 1.54) is 0 Å². The highest BCUT2D eigenvalue weighted by atomic mass is 16.5. The molecule has 0 radical (unpaired) electrons. The number of nitrogens with one attached hydrogen (secondary N) is 1. The predicted molar refractivity (Wildman–Crippen MR) is 118 cm³/mol. The number of hydrogen-bond donors (Lipinski definition) is 1. The summed E-state index contributed by atoms with van der Waals surface area (Å²) in [5.41, 5.74) is 3.19. The van der Waals surface area contributed by atoms with Crippen molar-refractivity contribution < 1.29 is 13.9 Å². The Labute approximate surface area is 180 Å². The average molecular weight is 411 g/mol. The monoisotopic (exact) mass is 411 g/mol. The van der Waals surface area contributed by atoms with Gasteiger partial charge in [-0.2, -0.15) is 10.2 Å². The van der Waals surface area contributed by atoms with Crippen molar-refractivity contribution in [1.82, 2.24) is 4.98 Å². The lowest BCUT2D eigenvalue weighted by atomic mass is 10.1. The lowest BCUT2D eigenvalue weighted by Crippen LogP contribution is -1.95. The number of nitriles is 1. The summed E-state index contributed by atoms with van der Waals surface area (Å²) in [6.07, 6.45) is 0. The fraction of sp³-hybridized carbons (Fsp3) is 0.120. The third kappa shape index (κ3) is 5.03. The van der Waals surface area contributed by atoms with Crippen molar-refractivity contribution in [3.8, 4) is 28.7 Å². The second kappa shape index (κ2) is 9.51. The number of rotatable bonds is 8. The summed E-state index contributed by atoms with van der Waals surface area (Å²) in [6, 6.07) is 27.4. The lowest BCUT2D eigenvalue weighted by molar-refractivity contribution is 0.265. The Morgan fingerprint density at radius 1 is 0.871 bits per heavy atom. The quantitative estimate of drug-likeness (QED) is 0.387. The molecular formula is C25H21N3O3. The molecule has 1 heterocycles. The Morgan fingerprint density at radius 2 is 1.52 bits per heavy atom. The third-order valence-corrected chi connectivity index (χ3v) is 4.52. The largest absolute Gasteiger partial charge is 0.494 e. The molecule has 0 aliphatic rings. The van der Waals surface area contributed by atoms with Crippen molar-refractivity contribution >= 4 is 11.6 Å². The molecule has 31 heavy (non-hydrogen) atoms. The van der Waals surface area contributed by atoms with E-state index in [4.69, 9.17) is 13.9 Å². The highest BCUT2D eigenvalue weighted by Gasteiger charge is 2.14. The minimum atomic E-state index is 0.115. The van der Waals surface area contributed by atoms with Crippen LogP contribution in [0.3, 0.4) is 0 Å². The molecule has 0 aliphatic carbocycles. The zero-order valence-corrected chi connectivity index (χ0v) is 17.0. The van der Waals surface area contributed by atoms with Crippen LogP contribution in [0.1, 0.15) is 18.5 Å². The summed E-state index contributed by atoms with van der Waals surface area (Å²) >= 11 is 0. The first-order chi connectivity index (χ1) is 15.2. The molecule has 0 saturated carbocycles. The van der Waals surface area contributed by atoms with Gasteiger partial charge in [0, 0.05) is 5.69 Å². The van der Waals surface area contributed by atoms with Crippen LogP contribution in [0.2, 0.25) is 0 Å². The van der Waals surface area contributed by atoms with E-state index in [0.29, 0.717) is 18.2 Å². The number of anilines is 2. The Bertz CT molecular complexity index is 1160. The zero-order chi connectivity index (χ0) is 21.5. The van der Waals surface area contributed by atoms with E-state index in [9.17, 15) is 5.26 Å². The first kappa shape index (κ1) is 20.0. The van der Waals surface area contributed by atoms with Gasteiger partial charge in [-0.1, -0.05) is 42.5 Å². The summed E-state index contributed by atoms with van der Waals surface area (Å²) in [6.45, 7) is 2.65. The minimum absolute atomic E-state index is 0.115. The van der Waals surface area contributed by atoms with Crippen molar-refractivity contribution in [3.05, 3.63) is 90.4 Å². The fourth-order valence-electron chi connectivity index (χ4n) is 3.04. The molecule has 4 aromatic rings. The Morgan fingerprint density at radius 3 is 2.19 bits per heavy atom. The molecule has 3 aromatic carbocycles. The van der Waals surface area contributed by atoms with Crippen LogP contribution in [0.4, 0.5) is 11.6 Å². The van der Waals surface area contributed by atoms with Gasteiger partial charge in [-0.3, -0.25) is 0 Å². The number of nitrogens with zero attached hydrogens (tertiary/aromatic N) is 2. The Balaban J connectivity index is 1.40. The van der Waals surface area contributed by atoms with Crippen molar-refractivity contribution in [3.63, 3.8) is 0 Å². The second-order valence-corrected chi connectivity index (χ2v) is 6.66. The van der Waals surface area contributed by atoms with Crippen LogP contribution < -0.4 is 14.8 Å². The van der Waals surface area contributed by atoms with Crippen molar-refractivity contribution in [2.45, 2.75) is 13.5 Å². The molecule has 0 amide bonds. The molecule has 0 atom stereocenters. The molecule has 0 bridgehead atoms. The molecule has 0 saturated heterocycles. The van der Waals surface area contributed by atoms with Gasteiger partial charge in [0.1, 0.15) is 17.6 Å². The van der Waals surface area contributed by atoms with Gasteiger partial charge in [0.2, 0.25) is 17.5 Å². The molecule has 0 spiro atoms. The van der Waals surface area contributed by atoms with E-state index in [-0.39, 0.29) is 18.2 Å². The standard InChI is InChI=1S/C25H21N3O3/c1-2-29-21-14-10-20(11-15-21)27-25-23(16-26)28-24(31-25)17-30-22-12-8-19(9-13-22)18-6-4-3-5-7-18/h3-15,27H,2,17H2,1H3. The fourth-order valence-corrected chi connectivity index (χ4v) is 3.04. The van der Waals surface area contributed by atoms with Crippen LogP contribution in [0.5, 0.6) is 11.5 Å². The summed E-state index contributed by atoms with van der Waals surface area (Å²) < 4.78 is 16.9. The van der Waals surface area contributed by atoms with Gasteiger partial charge in [0.25, 0.3) is 0 Å². The van der Waals surface area contributed by atoms with E-state index in [2.05, 4.69) is 22.4 Å². The second-order valence-electron chi connectivity index (χ2n) is 6.66. The molecule has 6 heteroatoms. The number of oxazole rings is 1. The molecular weight excluding hydrogens is 390 g/mol. The maximum atomic E-state index is 9.37. The summed E-state index contributed by atoms with van der Waals surface area (Å²) in [5, 5.41) is 12.4. The van der Waals surface area contributed by atoms with Crippen molar-refractivity contribution in [2.75, 3.05) is 11.9 Å². The zero-order valence-electron chi connectivity index (χ0n) is 17.0. The Kier molecular flexibility index (Phi) is 6.15. The van der Waals surface area contributed by atoms with Crippen molar-refractivity contribution in [2.24, 2.45) is 0 Å². The number of aromatic nitrogens is 1. The number of ether oxygens (including phenoxy) is 2. The van der Waals surface area contributed by atoms with Gasteiger partial charge in [0.15, 0.2) is 6.61 Å². The van der Waals surface area contributed by atoms with Gasteiger partial charge >= 0.3 is 0 Å². The van der Waals surface area contributed by atoms with Crippen molar-refractivity contribution in [1.29, 1.82) is 5.26 Å². The predicted octanol–water partition coefficient (Wildman–Crippen LogP) is 5.93. The van der Waals surface area contributed by atoms with Crippen LogP contribution in [-0.4, -0.2) is 11.6 Å². The van der Waals surface area contributed by atoms with Gasteiger partial charge in [-0.15, -0.1) is 0 Å². The highest BCUT2D eigenvalue weighted by molar-refractivity contribution is 5.64. The van der Waals surface area contributed by atoms with E-state index < -0.39 is 0 Å². The number of hydrogen-bond acceptors (Lipinski definition) is 6. The van der Waals surface area contributed by atoms with E-state index in [1.807, 2.05) is 79.7 Å². The smallest absolute Gasteiger partial charge is 0.236 e. The first-order valence-corrected chi connectivity index (χ1v) is 9.93. The molecule has 0 unspecified atom stereocenters. The molecule has 0 fully saturated rings. The van der Waals surface area contributed by atoms with Crippen LogP contribution in [0, 0.1) is 11.3 Å². The maximum absolute atomic E-state index is 9.37. The van der Waals surface area contributed by atoms with Crippen LogP contribution >= 0.6 is 0 Å². The molecule has 1 aromatic heterocycles. The third-order valence-electron chi connectivity index (χ3n) is 4.52. The first-order valence-electron chi connectivity index (χ1n) is 9.93. The normalized spacial score (nSPS) is 10.3. The molecule has 4 rings (SSSR count). The average Bonchev–Trinajstić information content (AvgIpc) is 3.22. The van der Waals surface area contributed by atoms with Crippen LogP contribution in [-0.2, 0) is 6.61 Å². The molecule has 0 aliphatic heterocycles. The van der Waals surface area contributed by atoms with Gasteiger partial charge in [0.05, 0.1) is 6.61 Å². The van der Waals surface area contributed by atoms with Gasteiger partial charge < -0.3 is 19.2 Å². The van der Waals surface area contributed by atoms with Crippen LogP contribution in [0.25, 0.3) is 11.1 Å². The molecule has 1 N–H and O–H groups in total. The highest BCUT2D eigenvalue weighted by Crippen LogP contribution is 2.26. The lowest BCUT2D eigenvalue weighted by Gasteiger charge is -2.06. The van der Waals surface area contributed by atoms with Gasteiger partial charge in [-0.25, -0.2) is 0 Å². The molecule has 6 nitrogen and oxygen atoms in total. The van der Waals surface area contributed by atoms with Crippen LogP contribution in [0.15, 0.2) is 83.3 Å². The molecule has 154 valence electrons. The minimum Gasteiger partial charge on any atom is -0.494 e. The van der Waals surface area contributed by atoms with Gasteiger partial charge in [-0.05, 0) is 54.4 Å². The van der Waals surface area contributed by atoms with E-state index in [0.717, 1.165) is 22.6 Å². The maximum Gasteiger partial charge on any atom is 0.236 e. The summed E-state index contributed by atoms with van der Waals surface area (Å²) in [4.78, 5) is 4.21. The topological polar surface area (TPSA) is 80.3 Å². The summed E-state index contributed by atoms with van der Waals surface area (Å²) in [7, 11) is 0.